The number of piperazine rings is 1. The Morgan fingerprint density at radius 3 is 2.46 bits per heavy atom. The third-order valence-electron chi connectivity index (χ3n) is 5.90. The number of guanidine groups is 1. The largest absolute Gasteiger partial charge is 0.355 e. The monoisotopic (exact) mass is 425 g/mol. The van der Waals surface area contributed by atoms with E-state index < -0.39 is 0 Å². The molecule has 1 aromatic heterocycles. The highest BCUT2D eigenvalue weighted by Crippen LogP contribution is 2.39. The Bertz CT molecular complexity index is 691. The number of nitrogens with zero attached hydrogens (tertiary/aromatic N) is 4. The van der Waals surface area contributed by atoms with Crippen LogP contribution in [0.3, 0.4) is 0 Å². The Kier molecular flexibility index (Phi) is 7.23. The first-order chi connectivity index (χ1) is 13.4. The van der Waals surface area contributed by atoms with Gasteiger partial charge in [-0.1, -0.05) is 24.4 Å². The van der Waals surface area contributed by atoms with Crippen LogP contribution in [0.15, 0.2) is 17.1 Å². The van der Waals surface area contributed by atoms with E-state index in [-0.39, 0.29) is 11.3 Å². The number of hydrogen-bond donors (Lipinski definition) is 1. The molecule has 0 unspecified atom stereocenters. The van der Waals surface area contributed by atoms with Crippen molar-refractivity contribution in [3.05, 3.63) is 21.3 Å². The fraction of sp³-hybridized carbons (Fsp3) is 0.700. The van der Waals surface area contributed by atoms with Gasteiger partial charge in [0.2, 0.25) is 5.91 Å². The van der Waals surface area contributed by atoms with Crippen LogP contribution in [0.1, 0.15) is 30.6 Å². The van der Waals surface area contributed by atoms with Crippen LogP contribution in [-0.2, 0) is 11.3 Å². The van der Waals surface area contributed by atoms with Gasteiger partial charge in [-0.05, 0) is 25.0 Å². The lowest BCUT2D eigenvalue weighted by atomic mass is 9.84. The summed E-state index contributed by atoms with van der Waals surface area (Å²) in [7, 11) is 5.55. The van der Waals surface area contributed by atoms with Crippen LogP contribution in [0.5, 0.6) is 0 Å². The number of amides is 1. The fourth-order valence-corrected chi connectivity index (χ4v) is 5.48. The number of hydrogen-bond acceptors (Lipinski definition) is 4. The molecule has 2 fully saturated rings. The van der Waals surface area contributed by atoms with Crippen molar-refractivity contribution >= 4 is 34.8 Å². The number of nitrogens with one attached hydrogen (secondary N) is 1. The predicted octanol–water partition coefficient (Wildman–Crippen LogP) is 2.74. The third-order valence-corrected chi connectivity index (χ3v) is 7.11. The molecule has 6 nitrogen and oxygen atoms in total. The second-order valence-electron chi connectivity index (χ2n) is 8.06. The van der Waals surface area contributed by atoms with Gasteiger partial charge in [0.1, 0.15) is 0 Å². The molecule has 1 saturated carbocycles. The van der Waals surface area contributed by atoms with E-state index in [9.17, 15) is 4.79 Å². The molecule has 28 heavy (non-hydrogen) atoms. The summed E-state index contributed by atoms with van der Waals surface area (Å²) < 4.78 is 0.853. The summed E-state index contributed by atoms with van der Waals surface area (Å²) in [6.45, 7) is 5.50. The topological polar surface area (TPSA) is 51.2 Å². The molecule has 1 N–H and O–H groups in total. The highest BCUT2D eigenvalue weighted by atomic mass is 35.5. The number of rotatable bonds is 5. The van der Waals surface area contributed by atoms with Gasteiger partial charge in [-0.15, -0.1) is 11.3 Å². The van der Waals surface area contributed by atoms with Crippen molar-refractivity contribution in [2.75, 3.05) is 53.9 Å². The van der Waals surface area contributed by atoms with Crippen molar-refractivity contribution < 1.29 is 4.79 Å². The third kappa shape index (κ3) is 4.99. The van der Waals surface area contributed by atoms with Gasteiger partial charge >= 0.3 is 0 Å². The molecule has 0 atom stereocenters. The molecule has 1 saturated heterocycles. The first-order valence-electron chi connectivity index (χ1n) is 10.1. The Morgan fingerprint density at radius 2 is 1.93 bits per heavy atom. The van der Waals surface area contributed by atoms with Gasteiger partial charge in [-0.3, -0.25) is 14.7 Å². The van der Waals surface area contributed by atoms with Gasteiger partial charge in [0.15, 0.2) is 5.96 Å². The molecule has 0 radical (unpaired) electrons. The smallest absolute Gasteiger partial charge is 0.230 e. The second-order valence-corrected chi connectivity index (χ2v) is 9.86. The number of carbonyl (C=O) groups excluding carboxylic acids is 1. The molecule has 0 bridgehead atoms. The van der Waals surface area contributed by atoms with Crippen molar-refractivity contribution in [3.8, 4) is 0 Å². The van der Waals surface area contributed by atoms with Crippen LogP contribution in [0.25, 0.3) is 0 Å². The maximum Gasteiger partial charge on any atom is 0.230 e. The minimum atomic E-state index is -0.278. The predicted molar refractivity (Wildman–Crippen MR) is 117 cm³/mol. The Balaban J connectivity index is 1.52. The van der Waals surface area contributed by atoms with Crippen LogP contribution in [0.4, 0.5) is 0 Å². The molecule has 0 aromatic carbocycles. The first-order valence-corrected chi connectivity index (χ1v) is 11.3. The van der Waals surface area contributed by atoms with E-state index in [1.54, 1.807) is 16.2 Å². The molecule has 1 aliphatic carbocycles. The van der Waals surface area contributed by atoms with Gasteiger partial charge in [0.05, 0.1) is 9.75 Å². The van der Waals surface area contributed by atoms with E-state index in [4.69, 9.17) is 11.6 Å². The summed E-state index contributed by atoms with van der Waals surface area (Å²) in [4.78, 5) is 25.1. The molecule has 3 rings (SSSR count). The molecule has 1 aliphatic heterocycles. The molecule has 2 aliphatic rings. The molecular weight excluding hydrogens is 394 g/mol. The standard InChI is InChI=1S/C20H32ClN5OS/c1-22-19(23-15-20(8-4-5-9-20)18(27)24(2)3)26-12-10-25(11-13-26)14-16-6-7-17(21)28-16/h6-7H,4-5,8-15H2,1-3H3,(H,22,23). The van der Waals surface area contributed by atoms with Gasteiger partial charge in [0, 0.05) is 65.3 Å². The normalized spacial score (nSPS) is 20.4. The molecular formula is C20H32ClN5OS. The molecule has 1 aromatic rings. The van der Waals surface area contributed by atoms with Gasteiger partial charge in [0.25, 0.3) is 0 Å². The van der Waals surface area contributed by atoms with Crippen molar-refractivity contribution in [2.24, 2.45) is 10.4 Å². The lowest BCUT2D eigenvalue weighted by molar-refractivity contribution is -0.138. The Labute approximate surface area is 177 Å². The van der Waals surface area contributed by atoms with Crippen molar-refractivity contribution in [3.63, 3.8) is 0 Å². The summed E-state index contributed by atoms with van der Waals surface area (Å²) in [6, 6.07) is 4.08. The minimum absolute atomic E-state index is 0.243. The van der Waals surface area contributed by atoms with E-state index >= 15 is 0 Å². The molecule has 156 valence electrons. The Hall–Kier alpha value is -1.31. The molecule has 0 spiro atoms. The highest BCUT2D eigenvalue weighted by Gasteiger charge is 2.42. The summed E-state index contributed by atoms with van der Waals surface area (Å²) in [5.74, 6) is 1.16. The van der Waals surface area contributed by atoms with Gasteiger partial charge in [-0.25, -0.2) is 0 Å². The van der Waals surface area contributed by atoms with E-state index in [0.717, 1.165) is 68.7 Å². The van der Waals surface area contributed by atoms with Crippen LogP contribution < -0.4 is 5.32 Å². The van der Waals surface area contributed by atoms with Crippen LogP contribution >= 0.6 is 22.9 Å². The first kappa shape index (κ1) is 21.4. The average molecular weight is 426 g/mol. The van der Waals surface area contributed by atoms with Gasteiger partial charge in [-0.2, -0.15) is 0 Å². The van der Waals surface area contributed by atoms with Crippen molar-refractivity contribution in [1.82, 2.24) is 20.0 Å². The number of carbonyl (C=O) groups is 1. The zero-order valence-electron chi connectivity index (χ0n) is 17.2. The van der Waals surface area contributed by atoms with E-state index in [1.165, 1.54) is 4.88 Å². The van der Waals surface area contributed by atoms with E-state index in [1.807, 2.05) is 27.2 Å². The molecule has 8 heteroatoms. The number of aliphatic imine (C=N–C) groups is 1. The maximum absolute atomic E-state index is 12.8. The quantitative estimate of drug-likeness (QED) is 0.582. The number of halogens is 1. The highest BCUT2D eigenvalue weighted by molar-refractivity contribution is 7.16. The van der Waals surface area contributed by atoms with Gasteiger partial charge < -0.3 is 15.1 Å². The summed E-state index contributed by atoms with van der Waals surface area (Å²) >= 11 is 7.70. The Morgan fingerprint density at radius 1 is 1.25 bits per heavy atom. The minimum Gasteiger partial charge on any atom is -0.355 e. The van der Waals surface area contributed by atoms with Crippen LogP contribution in [0.2, 0.25) is 4.34 Å². The molecule has 2 heterocycles. The summed E-state index contributed by atoms with van der Waals surface area (Å²) in [6.07, 6.45) is 4.19. The van der Waals surface area contributed by atoms with E-state index in [0.29, 0.717) is 6.54 Å². The zero-order valence-corrected chi connectivity index (χ0v) is 18.8. The average Bonchev–Trinajstić information content (AvgIpc) is 3.32. The fourth-order valence-electron chi connectivity index (χ4n) is 4.35. The van der Waals surface area contributed by atoms with Crippen molar-refractivity contribution in [1.29, 1.82) is 0 Å². The number of thiophene rings is 1. The van der Waals surface area contributed by atoms with Crippen molar-refractivity contribution in [2.45, 2.75) is 32.2 Å². The lowest BCUT2D eigenvalue weighted by Crippen LogP contribution is -2.54. The molecule has 1 amide bonds. The zero-order chi connectivity index (χ0) is 20.1. The SMILES string of the molecule is CN=C(NCC1(C(=O)N(C)C)CCCC1)N1CCN(Cc2ccc(Cl)s2)CC1. The second kappa shape index (κ2) is 9.46. The summed E-state index contributed by atoms with van der Waals surface area (Å²) in [5.41, 5.74) is -0.278. The van der Waals surface area contributed by atoms with E-state index in [2.05, 4.69) is 26.2 Å². The summed E-state index contributed by atoms with van der Waals surface area (Å²) in [5, 5.41) is 3.52. The maximum atomic E-state index is 12.8. The lowest BCUT2D eigenvalue weighted by Gasteiger charge is -2.38. The van der Waals surface area contributed by atoms with Crippen LogP contribution in [-0.4, -0.2) is 80.4 Å². The van der Waals surface area contributed by atoms with Crippen LogP contribution in [0, 0.1) is 5.41 Å².